The molecule has 1 amide bonds. The Kier molecular flexibility index (Phi) is 16.7. The molecule has 0 aliphatic carbocycles. The van der Waals surface area contributed by atoms with Crippen LogP contribution in [0.15, 0.2) is 54.1 Å². The third kappa shape index (κ3) is 11.5. The standard InChI is InChI=1S/C45H70N7O10P/c1-14-35(53)45(10)38(52(42(55)62-45)22-18-17-21-51-26-33(48-49-51)32-19-15-16-20-46-32)31(6)47-25-27(2)24-44(9,57-13)39(29(4)36-30(5)40(54)61-43(7,8)60-36)59-41-37(63-56)34(50(11)12)23-28(3)58-41/h15-20,26-29,31,34-35,37-39,41,47,53H,14,21-25H2,1-13H3/b18-17+/t27-,28?,29+,31-,34?,35-,37?,38-,39-,41+,44-,45-/m1/s1. The third-order valence-electron chi connectivity index (χ3n) is 12.7. The molecule has 5 heterocycles. The first-order valence-electron chi connectivity index (χ1n) is 22.0. The van der Waals surface area contributed by atoms with Gasteiger partial charge in [0.2, 0.25) is 5.79 Å². The lowest BCUT2D eigenvalue weighted by Crippen LogP contribution is -2.60. The van der Waals surface area contributed by atoms with Gasteiger partial charge in [-0.05, 0) is 92.6 Å². The molecule has 12 atom stereocenters. The summed E-state index contributed by atoms with van der Waals surface area (Å²) in [6.45, 7) is 19.9. The molecule has 17 nitrogen and oxygen atoms in total. The number of carbonyl (C=O) groups is 2. The van der Waals surface area contributed by atoms with E-state index in [1.54, 1.807) is 50.6 Å². The molecule has 350 valence electrons. The number of amides is 1. The van der Waals surface area contributed by atoms with Crippen molar-refractivity contribution in [1.29, 1.82) is 0 Å². The zero-order chi connectivity index (χ0) is 46.4. The van der Waals surface area contributed by atoms with Crippen LogP contribution in [0, 0.1) is 11.8 Å². The minimum Gasteiger partial charge on any atom is -0.456 e. The fourth-order valence-electron chi connectivity index (χ4n) is 9.37. The molecule has 63 heavy (non-hydrogen) atoms. The number of carbonyl (C=O) groups excluding carboxylic acids is 2. The zero-order valence-electron chi connectivity index (χ0n) is 39.3. The molecule has 2 aromatic rings. The number of aromatic nitrogens is 4. The maximum Gasteiger partial charge on any atom is 0.411 e. The van der Waals surface area contributed by atoms with Crippen LogP contribution in [0.5, 0.6) is 0 Å². The number of cyclic esters (lactones) is 2. The van der Waals surface area contributed by atoms with Crippen molar-refractivity contribution >= 4 is 20.5 Å². The van der Waals surface area contributed by atoms with Gasteiger partial charge in [-0.1, -0.05) is 44.2 Å². The molecule has 2 saturated heterocycles. The largest absolute Gasteiger partial charge is 0.456 e. The van der Waals surface area contributed by atoms with Gasteiger partial charge >= 0.3 is 12.1 Å². The molecule has 2 N–H and O–H groups in total. The van der Waals surface area contributed by atoms with Crippen LogP contribution in [0.4, 0.5) is 4.79 Å². The van der Waals surface area contributed by atoms with Crippen LogP contribution in [0.3, 0.4) is 0 Å². The summed E-state index contributed by atoms with van der Waals surface area (Å²) < 4.78 is 52.2. The van der Waals surface area contributed by atoms with Crippen LogP contribution < -0.4 is 5.32 Å². The number of aliphatic hydroxyl groups excluding tert-OH is 1. The van der Waals surface area contributed by atoms with Crippen molar-refractivity contribution in [2.45, 2.75) is 160 Å². The first kappa shape index (κ1) is 50.2. The van der Waals surface area contributed by atoms with E-state index >= 15 is 0 Å². The number of pyridine rings is 1. The van der Waals surface area contributed by atoms with Gasteiger partial charge < -0.3 is 43.7 Å². The molecule has 0 radical (unpaired) electrons. The summed E-state index contributed by atoms with van der Waals surface area (Å²) in [7, 11) is 5.44. The normalized spacial score (nSPS) is 28.7. The van der Waals surface area contributed by atoms with Crippen molar-refractivity contribution in [2.24, 2.45) is 11.8 Å². The smallest absolute Gasteiger partial charge is 0.411 e. The Hall–Kier alpha value is -3.83. The van der Waals surface area contributed by atoms with Gasteiger partial charge in [0.1, 0.15) is 17.1 Å². The predicted octanol–water partition coefficient (Wildman–Crippen LogP) is 5.99. The molecule has 3 unspecified atom stereocenters. The number of hydrogen-bond acceptors (Lipinski definition) is 15. The zero-order valence-corrected chi connectivity index (χ0v) is 40.2. The minimum atomic E-state index is -1.21. The number of methoxy groups -OCH3 is 1. The van der Waals surface area contributed by atoms with E-state index in [0.29, 0.717) is 49.4 Å². The Balaban J connectivity index is 1.35. The quantitative estimate of drug-likeness (QED) is 0.0845. The van der Waals surface area contributed by atoms with E-state index in [1.165, 1.54) is 0 Å². The topological polar surface area (TPSA) is 189 Å². The second kappa shape index (κ2) is 21.0. The molecule has 5 rings (SSSR count). The first-order chi connectivity index (χ1) is 29.7. The third-order valence-corrected chi connectivity index (χ3v) is 13.6. The molecule has 3 aliphatic rings. The second-order valence-corrected chi connectivity index (χ2v) is 19.3. The first-order valence-corrected chi connectivity index (χ1v) is 22.9. The highest BCUT2D eigenvalue weighted by Gasteiger charge is 2.56. The highest BCUT2D eigenvalue weighted by molar-refractivity contribution is 7.25. The van der Waals surface area contributed by atoms with Gasteiger partial charge in [-0.3, -0.25) is 14.4 Å². The van der Waals surface area contributed by atoms with Crippen molar-refractivity contribution in [1.82, 2.24) is 35.1 Å². The highest BCUT2D eigenvalue weighted by atomic mass is 31.1. The fraction of sp³-hybridized carbons (Fsp3) is 0.711. The maximum atomic E-state index is 13.5. The highest BCUT2D eigenvalue weighted by Crippen LogP contribution is 2.42. The summed E-state index contributed by atoms with van der Waals surface area (Å²) in [6, 6.07) is 4.69. The van der Waals surface area contributed by atoms with Crippen molar-refractivity contribution in [3.8, 4) is 11.4 Å². The van der Waals surface area contributed by atoms with E-state index in [2.05, 4.69) is 27.5 Å². The number of allylic oxidation sites excluding steroid dienone is 1. The molecule has 18 heteroatoms. The van der Waals surface area contributed by atoms with Gasteiger partial charge in [-0.2, -0.15) is 0 Å². The van der Waals surface area contributed by atoms with Crippen LogP contribution in [0.1, 0.15) is 88.5 Å². The van der Waals surface area contributed by atoms with Crippen LogP contribution >= 0.6 is 8.46 Å². The molecule has 3 aliphatic heterocycles. The van der Waals surface area contributed by atoms with E-state index < -0.39 is 65.2 Å². The number of nitrogens with one attached hydrogen (secondary N) is 1. The molecular weight excluding hydrogens is 830 g/mol. The van der Waals surface area contributed by atoms with E-state index in [9.17, 15) is 19.3 Å². The molecule has 0 aromatic carbocycles. The molecule has 0 bridgehead atoms. The van der Waals surface area contributed by atoms with Gasteiger partial charge in [-0.15, -0.1) is 5.10 Å². The van der Waals surface area contributed by atoms with Crippen LogP contribution in [0.25, 0.3) is 11.4 Å². The van der Waals surface area contributed by atoms with E-state index in [4.69, 9.17) is 28.4 Å². The molecule has 0 spiro atoms. The average molecular weight is 900 g/mol. The molecule has 0 saturated carbocycles. The van der Waals surface area contributed by atoms with Crippen LogP contribution in [-0.4, -0.2) is 147 Å². The summed E-state index contributed by atoms with van der Waals surface area (Å²) in [5, 5.41) is 23.4. The van der Waals surface area contributed by atoms with E-state index in [1.807, 2.05) is 90.2 Å². The SMILES string of the molecule is CC[C@@H](O)[C@@]1(C)OC(=O)N(C/C=C/Cn2cc(-c3ccccn3)nn2)[C@@H]1[C@@H](C)NC[C@H](C)C[C@@](C)(OC)[C@H](O[C@@H]1OC(C)CC(N(C)C)C1P=O)[C@@H](C)C1=C(C)C(=O)OC(C)(C)O1. The summed E-state index contributed by atoms with van der Waals surface area (Å²) in [4.78, 5) is 34.7. The van der Waals surface area contributed by atoms with E-state index in [-0.39, 0.29) is 39.1 Å². The van der Waals surface area contributed by atoms with Crippen molar-refractivity contribution in [3.05, 3.63) is 54.1 Å². The van der Waals surface area contributed by atoms with Crippen LogP contribution in [0.2, 0.25) is 0 Å². The monoisotopic (exact) mass is 899 g/mol. The molecule has 2 fully saturated rings. The number of ether oxygens (including phenoxy) is 6. The lowest BCUT2D eigenvalue weighted by atomic mass is 9.80. The number of aliphatic hydroxyl groups is 1. The van der Waals surface area contributed by atoms with E-state index in [0.717, 1.165) is 5.69 Å². The average Bonchev–Trinajstić information content (AvgIpc) is 3.82. The molecule has 2 aromatic heterocycles. The summed E-state index contributed by atoms with van der Waals surface area (Å²) >= 11 is 0. The Labute approximate surface area is 374 Å². The lowest BCUT2D eigenvalue weighted by Gasteiger charge is -2.47. The Bertz CT molecular complexity index is 1930. The van der Waals surface area contributed by atoms with Gasteiger partial charge in [0, 0.05) is 51.7 Å². The van der Waals surface area contributed by atoms with Crippen molar-refractivity contribution < 1.29 is 47.7 Å². The summed E-state index contributed by atoms with van der Waals surface area (Å²) in [5.74, 6) is -1.83. The van der Waals surface area contributed by atoms with Gasteiger partial charge in [-0.25, -0.2) is 14.3 Å². The van der Waals surface area contributed by atoms with Crippen LogP contribution in [-0.2, 0) is 44.3 Å². The van der Waals surface area contributed by atoms with Crippen molar-refractivity contribution in [2.75, 3.05) is 34.3 Å². The number of nitrogens with zero attached hydrogens (tertiary/aromatic N) is 6. The lowest BCUT2D eigenvalue weighted by molar-refractivity contribution is -0.266. The summed E-state index contributed by atoms with van der Waals surface area (Å²) in [5.41, 5.74) is -0.956. The van der Waals surface area contributed by atoms with Gasteiger partial charge in [0.05, 0.1) is 54.0 Å². The Morgan fingerprint density at radius 2 is 1.83 bits per heavy atom. The number of esters is 1. The Morgan fingerprint density at radius 3 is 2.46 bits per heavy atom. The maximum absolute atomic E-state index is 13.5. The Morgan fingerprint density at radius 1 is 1.11 bits per heavy atom. The molecular formula is C45H70N7O10P. The second-order valence-electron chi connectivity index (χ2n) is 18.5. The van der Waals surface area contributed by atoms with Gasteiger partial charge in [0.25, 0.3) is 0 Å². The minimum absolute atomic E-state index is 0.0408. The fourth-order valence-corrected chi connectivity index (χ4v) is 10.1. The van der Waals surface area contributed by atoms with Gasteiger partial charge in [0.15, 0.2) is 20.4 Å². The van der Waals surface area contributed by atoms with Crippen molar-refractivity contribution in [3.63, 3.8) is 0 Å². The number of rotatable bonds is 21. The number of hydrogen-bond donors (Lipinski definition) is 2. The predicted molar refractivity (Wildman–Crippen MR) is 237 cm³/mol. The summed E-state index contributed by atoms with van der Waals surface area (Å²) in [6.07, 6.45) is 5.68.